The van der Waals surface area contributed by atoms with Crippen molar-refractivity contribution >= 4 is 29.0 Å². The van der Waals surface area contributed by atoms with Gasteiger partial charge in [0.05, 0.1) is 5.02 Å². The summed E-state index contributed by atoms with van der Waals surface area (Å²) in [5.41, 5.74) is 7.58. The van der Waals surface area contributed by atoms with E-state index in [0.717, 1.165) is 17.7 Å². The van der Waals surface area contributed by atoms with Gasteiger partial charge in [-0.25, -0.2) is 9.37 Å². The molecule has 3 N–H and O–H groups in total. The number of nitrogens with one attached hydrogen (secondary N) is 1. The molecular weight excluding hydrogens is 312 g/mol. The third-order valence-corrected chi connectivity index (χ3v) is 3.74. The SMILES string of the molecule is CCNC(Cc1ccc(F)cc1Cl)c1cc(Cl)cnc1N. The van der Waals surface area contributed by atoms with Crippen LogP contribution in [0.1, 0.15) is 24.1 Å². The number of nitrogens with two attached hydrogens (primary N) is 1. The maximum absolute atomic E-state index is 13.1. The summed E-state index contributed by atoms with van der Waals surface area (Å²) in [6, 6.07) is 6.07. The Balaban J connectivity index is 2.32. The quantitative estimate of drug-likeness (QED) is 0.872. The van der Waals surface area contributed by atoms with E-state index in [-0.39, 0.29) is 11.9 Å². The molecule has 0 fully saturated rings. The van der Waals surface area contributed by atoms with Crippen LogP contribution in [0.2, 0.25) is 10.0 Å². The summed E-state index contributed by atoms with van der Waals surface area (Å²) in [5.74, 6) is 0.0660. The molecule has 1 aromatic heterocycles. The molecule has 1 unspecified atom stereocenters. The van der Waals surface area contributed by atoms with Crippen LogP contribution in [0.15, 0.2) is 30.5 Å². The number of likely N-dealkylation sites (N-methyl/N-ethyl adjacent to an activating group) is 1. The summed E-state index contributed by atoms with van der Waals surface area (Å²) in [4.78, 5) is 4.07. The topological polar surface area (TPSA) is 50.9 Å². The molecule has 0 saturated carbocycles. The number of aromatic nitrogens is 1. The lowest BCUT2D eigenvalue weighted by Crippen LogP contribution is -2.24. The van der Waals surface area contributed by atoms with Gasteiger partial charge < -0.3 is 11.1 Å². The van der Waals surface area contributed by atoms with Crippen molar-refractivity contribution in [1.29, 1.82) is 0 Å². The molecule has 21 heavy (non-hydrogen) atoms. The zero-order valence-corrected chi connectivity index (χ0v) is 13.0. The minimum atomic E-state index is -0.354. The normalized spacial score (nSPS) is 12.4. The van der Waals surface area contributed by atoms with Gasteiger partial charge in [-0.3, -0.25) is 0 Å². The molecule has 1 heterocycles. The summed E-state index contributed by atoms with van der Waals surface area (Å²) in [6.45, 7) is 2.74. The molecule has 0 amide bonds. The fourth-order valence-electron chi connectivity index (χ4n) is 2.19. The van der Waals surface area contributed by atoms with Crippen LogP contribution < -0.4 is 11.1 Å². The molecule has 0 aliphatic carbocycles. The lowest BCUT2D eigenvalue weighted by Gasteiger charge is -2.20. The Morgan fingerprint density at radius 1 is 1.33 bits per heavy atom. The standard InChI is InChI=1S/C15H16Cl2FN3/c1-2-20-14(12-6-10(16)8-21-15(12)19)5-9-3-4-11(18)7-13(9)17/h3-4,6-8,14,20H,2,5H2,1H3,(H2,19,21). The minimum absolute atomic E-state index is 0.0934. The first kappa shape index (κ1) is 16.0. The molecule has 2 aromatic rings. The van der Waals surface area contributed by atoms with Crippen molar-refractivity contribution in [2.45, 2.75) is 19.4 Å². The van der Waals surface area contributed by atoms with E-state index in [1.54, 1.807) is 12.1 Å². The van der Waals surface area contributed by atoms with E-state index in [1.807, 2.05) is 6.92 Å². The van der Waals surface area contributed by atoms with Gasteiger partial charge >= 0.3 is 0 Å². The number of anilines is 1. The lowest BCUT2D eigenvalue weighted by molar-refractivity contribution is 0.549. The summed E-state index contributed by atoms with van der Waals surface area (Å²) >= 11 is 12.1. The van der Waals surface area contributed by atoms with E-state index in [4.69, 9.17) is 28.9 Å². The maximum Gasteiger partial charge on any atom is 0.128 e. The predicted octanol–water partition coefficient (Wildman–Crippen LogP) is 4.00. The maximum atomic E-state index is 13.1. The number of nitrogen functional groups attached to an aromatic ring is 1. The largest absolute Gasteiger partial charge is 0.383 e. The van der Waals surface area contributed by atoms with E-state index >= 15 is 0 Å². The molecule has 6 heteroatoms. The van der Waals surface area contributed by atoms with Gasteiger partial charge in [-0.1, -0.05) is 36.2 Å². The summed E-state index contributed by atoms with van der Waals surface area (Å²) in [7, 11) is 0. The third-order valence-electron chi connectivity index (χ3n) is 3.18. The number of nitrogens with zero attached hydrogens (tertiary/aromatic N) is 1. The second kappa shape index (κ2) is 7.07. The van der Waals surface area contributed by atoms with Crippen LogP contribution >= 0.6 is 23.2 Å². The highest BCUT2D eigenvalue weighted by Crippen LogP contribution is 2.28. The lowest BCUT2D eigenvalue weighted by atomic mass is 9.99. The molecule has 0 aliphatic rings. The molecule has 0 saturated heterocycles. The Labute approximate surface area is 133 Å². The van der Waals surface area contributed by atoms with Crippen molar-refractivity contribution < 1.29 is 4.39 Å². The highest BCUT2D eigenvalue weighted by Gasteiger charge is 2.17. The van der Waals surface area contributed by atoms with Crippen molar-refractivity contribution in [2.75, 3.05) is 12.3 Å². The van der Waals surface area contributed by atoms with E-state index in [1.165, 1.54) is 18.3 Å². The molecule has 112 valence electrons. The smallest absolute Gasteiger partial charge is 0.128 e. The Bertz CT molecular complexity index is 634. The van der Waals surface area contributed by atoms with Crippen molar-refractivity contribution in [3.05, 3.63) is 57.5 Å². The molecule has 2 rings (SSSR count). The number of pyridine rings is 1. The molecule has 0 aliphatic heterocycles. The molecule has 0 radical (unpaired) electrons. The predicted molar refractivity (Wildman–Crippen MR) is 85.2 cm³/mol. The van der Waals surface area contributed by atoms with Crippen molar-refractivity contribution in [3.63, 3.8) is 0 Å². The minimum Gasteiger partial charge on any atom is -0.383 e. The van der Waals surface area contributed by atoms with E-state index < -0.39 is 0 Å². The summed E-state index contributed by atoms with van der Waals surface area (Å²) in [5, 5.41) is 4.24. The molecule has 0 spiro atoms. The van der Waals surface area contributed by atoms with Crippen LogP contribution in [0.25, 0.3) is 0 Å². The second-order valence-electron chi connectivity index (χ2n) is 4.68. The number of benzene rings is 1. The van der Waals surface area contributed by atoms with Crippen LogP contribution in [0.5, 0.6) is 0 Å². The Morgan fingerprint density at radius 2 is 2.10 bits per heavy atom. The summed E-state index contributed by atoms with van der Waals surface area (Å²) in [6.07, 6.45) is 2.08. The fraction of sp³-hybridized carbons (Fsp3) is 0.267. The molecule has 1 aromatic carbocycles. The Kier molecular flexibility index (Phi) is 5.39. The number of rotatable bonds is 5. The van der Waals surface area contributed by atoms with Gasteiger partial charge in [-0.2, -0.15) is 0 Å². The van der Waals surface area contributed by atoms with Gasteiger partial charge in [0.2, 0.25) is 0 Å². The summed E-state index contributed by atoms with van der Waals surface area (Å²) < 4.78 is 13.1. The third kappa shape index (κ3) is 4.06. The average Bonchev–Trinajstić information content (AvgIpc) is 2.44. The van der Waals surface area contributed by atoms with Gasteiger partial charge in [0.1, 0.15) is 11.6 Å². The van der Waals surface area contributed by atoms with Crippen molar-refractivity contribution in [3.8, 4) is 0 Å². The van der Waals surface area contributed by atoms with Gasteiger partial charge in [-0.05, 0) is 36.7 Å². The number of hydrogen-bond donors (Lipinski definition) is 2. The van der Waals surface area contributed by atoms with Gasteiger partial charge in [-0.15, -0.1) is 0 Å². The molecule has 1 atom stereocenters. The monoisotopic (exact) mass is 327 g/mol. The van der Waals surface area contributed by atoms with E-state index in [9.17, 15) is 4.39 Å². The van der Waals surface area contributed by atoms with E-state index in [2.05, 4.69) is 10.3 Å². The zero-order valence-electron chi connectivity index (χ0n) is 11.5. The highest BCUT2D eigenvalue weighted by atomic mass is 35.5. The molecule has 0 bridgehead atoms. The van der Waals surface area contributed by atoms with E-state index in [0.29, 0.717) is 22.3 Å². The van der Waals surface area contributed by atoms with Crippen molar-refractivity contribution in [2.24, 2.45) is 0 Å². The van der Waals surface area contributed by atoms with Crippen LogP contribution in [0.3, 0.4) is 0 Å². The Hall–Kier alpha value is -1.36. The number of hydrogen-bond acceptors (Lipinski definition) is 3. The number of halogens is 3. The van der Waals surface area contributed by atoms with Gasteiger partial charge in [0.25, 0.3) is 0 Å². The average molecular weight is 328 g/mol. The zero-order chi connectivity index (χ0) is 15.4. The molecular formula is C15H16Cl2FN3. The first-order chi connectivity index (χ1) is 10.0. The first-order valence-electron chi connectivity index (χ1n) is 6.59. The van der Waals surface area contributed by atoms with Crippen LogP contribution in [-0.4, -0.2) is 11.5 Å². The van der Waals surface area contributed by atoms with Crippen molar-refractivity contribution in [1.82, 2.24) is 10.3 Å². The first-order valence-corrected chi connectivity index (χ1v) is 7.35. The Morgan fingerprint density at radius 3 is 2.76 bits per heavy atom. The van der Waals surface area contributed by atoms with Crippen LogP contribution in [-0.2, 0) is 6.42 Å². The second-order valence-corrected chi connectivity index (χ2v) is 5.52. The highest BCUT2D eigenvalue weighted by molar-refractivity contribution is 6.31. The molecule has 3 nitrogen and oxygen atoms in total. The van der Waals surface area contributed by atoms with Crippen LogP contribution in [0.4, 0.5) is 10.2 Å². The van der Waals surface area contributed by atoms with Crippen LogP contribution in [0, 0.1) is 5.82 Å². The fourth-order valence-corrected chi connectivity index (χ4v) is 2.60. The van der Waals surface area contributed by atoms with Gasteiger partial charge in [0.15, 0.2) is 0 Å². The van der Waals surface area contributed by atoms with Gasteiger partial charge in [0, 0.05) is 22.8 Å².